The highest BCUT2D eigenvalue weighted by atomic mass is 32.2. The summed E-state index contributed by atoms with van der Waals surface area (Å²) < 4.78 is 11.5. The van der Waals surface area contributed by atoms with E-state index >= 15 is 0 Å². The van der Waals surface area contributed by atoms with Crippen LogP contribution in [-0.4, -0.2) is 60.3 Å². The number of nitrogens with zero attached hydrogens (tertiary/aromatic N) is 3. The minimum Gasteiger partial charge on any atom is -0.347 e. The third-order valence-corrected chi connectivity index (χ3v) is 6.68. The summed E-state index contributed by atoms with van der Waals surface area (Å²) in [5, 5.41) is 0.662. The number of ether oxygens (including phenoxy) is 2. The van der Waals surface area contributed by atoms with Crippen LogP contribution in [0.15, 0.2) is 52.5 Å². The van der Waals surface area contributed by atoms with E-state index in [-0.39, 0.29) is 18.4 Å². The molecule has 3 aliphatic rings. The molecule has 1 aromatic carbocycles. The predicted molar refractivity (Wildman–Crippen MR) is 107 cm³/mol. The van der Waals surface area contributed by atoms with Gasteiger partial charge in [-0.15, -0.1) is 0 Å². The average molecular weight is 411 g/mol. The summed E-state index contributed by atoms with van der Waals surface area (Å²) in [5.74, 6) is -0.795. The van der Waals surface area contributed by atoms with Gasteiger partial charge in [-0.25, -0.2) is 4.98 Å². The van der Waals surface area contributed by atoms with E-state index in [1.54, 1.807) is 28.1 Å². The van der Waals surface area contributed by atoms with Gasteiger partial charge in [0.15, 0.2) is 5.79 Å². The van der Waals surface area contributed by atoms with Crippen LogP contribution in [-0.2, 0) is 14.3 Å². The Morgan fingerprint density at radius 2 is 1.86 bits per heavy atom. The lowest BCUT2D eigenvalue weighted by molar-refractivity contribution is -0.187. The first-order chi connectivity index (χ1) is 14.2. The topological polar surface area (TPSA) is 72.0 Å². The third kappa shape index (κ3) is 3.41. The number of carbonyl (C=O) groups excluding carboxylic acids is 2. The number of piperidine rings is 1. The second-order valence-electron chi connectivity index (χ2n) is 7.31. The number of aromatic nitrogens is 1. The number of likely N-dealkylation sites (tertiary alicyclic amines) is 1. The fourth-order valence-corrected chi connectivity index (χ4v) is 5.05. The molecule has 0 unspecified atom stereocenters. The fourth-order valence-electron chi connectivity index (χ4n) is 4.04. The van der Waals surface area contributed by atoms with E-state index in [0.29, 0.717) is 49.7 Å². The fraction of sp³-hybridized carbons (Fsp3) is 0.381. The second-order valence-corrected chi connectivity index (χ2v) is 8.34. The Hall–Kier alpha value is -2.42. The van der Waals surface area contributed by atoms with Gasteiger partial charge in [0, 0.05) is 37.0 Å². The first kappa shape index (κ1) is 18.6. The normalized spacial score (nSPS) is 20.3. The summed E-state index contributed by atoms with van der Waals surface area (Å²) in [7, 11) is 0. The van der Waals surface area contributed by atoms with Gasteiger partial charge in [-0.3, -0.25) is 14.5 Å². The van der Waals surface area contributed by atoms with Crippen LogP contribution in [0, 0.1) is 0 Å². The number of fused-ring (bicyclic) bond motifs is 2. The molecule has 29 heavy (non-hydrogen) atoms. The molecule has 7 nitrogen and oxygen atoms in total. The predicted octanol–water partition coefficient (Wildman–Crippen LogP) is 2.56. The van der Waals surface area contributed by atoms with Gasteiger partial charge < -0.3 is 14.4 Å². The van der Waals surface area contributed by atoms with Crippen molar-refractivity contribution in [3.63, 3.8) is 0 Å². The molecule has 2 fully saturated rings. The molecule has 5 rings (SSSR count). The number of hydrogen-bond donors (Lipinski definition) is 0. The Kier molecular flexibility index (Phi) is 4.77. The molecule has 0 atom stereocenters. The first-order valence-electron chi connectivity index (χ1n) is 9.75. The van der Waals surface area contributed by atoms with Crippen LogP contribution in [0.2, 0.25) is 0 Å². The lowest BCUT2D eigenvalue weighted by atomic mass is 10.0. The molecule has 0 bridgehead atoms. The Bertz CT molecular complexity index is 950. The van der Waals surface area contributed by atoms with Crippen LogP contribution < -0.4 is 4.90 Å². The number of pyridine rings is 1. The average Bonchev–Trinajstić information content (AvgIpc) is 3.16. The summed E-state index contributed by atoms with van der Waals surface area (Å²) in [5.41, 5.74) is 1.26. The van der Waals surface area contributed by atoms with Crippen molar-refractivity contribution < 1.29 is 19.1 Å². The number of para-hydroxylation sites is 1. The molecule has 0 N–H and O–H groups in total. The molecule has 4 heterocycles. The molecule has 3 aliphatic heterocycles. The maximum atomic E-state index is 13.3. The first-order valence-corrected chi connectivity index (χ1v) is 10.6. The molecule has 0 radical (unpaired) electrons. The van der Waals surface area contributed by atoms with Crippen molar-refractivity contribution in [2.75, 3.05) is 37.7 Å². The van der Waals surface area contributed by atoms with Crippen molar-refractivity contribution in [3.8, 4) is 0 Å². The SMILES string of the molecule is O=C(CN1C(=O)c2cccnc2Sc2ccccc21)N1CCC2(CC1)OCCO2. The van der Waals surface area contributed by atoms with E-state index < -0.39 is 5.79 Å². The summed E-state index contributed by atoms with van der Waals surface area (Å²) in [6.07, 6.45) is 3.00. The summed E-state index contributed by atoms with van der Waals surface area (Å²) >= 11 is 1.45. The van der Waals surface area contributed by atoms with Crippen LogP contribution in [0.25, 0.3) is 0 Å². The zero-order valence-electron chi connectivity index (χ0n) is 15.9. The Morgan fingerprint density at radius 3 is 2.66 bits per heavy atom. The van der Waals surface area contributed by atoms with Crippen molar-refractivity contribution in [3.05, 3.63) is 48.2 Å². The van der Waals surface area contributed by atoms with Crippen LogP contribution in [0.1, 0.15) is 23.2 Å². The molecule has 2 amide bonds. The van der Waals surface area contributed by atoms with Gasteiger partial charge in [-0.05, 0) is 24.3 Å². The molecule has 1 spiro atoms. The molecule has 1 aromatic heterocycles. The van der Waals surface area contributed by atoms with E-state index in [0.717, 1.165) is 10.6 Å². The monoisotopic (exact) mass is 411 g/mol. The molecule has 8 heteroatoms. The van der Waals surface area contributed by atoms with E-state index in [2.05, 4.69) is 4.98 Å². The van der Waals surface area contributed by atoms with Gasteiger partial charge in [0.2, 0.25) is 5.91 Å². The van der Waals surface area contributed by atoms with Crippen LogP contribution >= 0.6 is 11.8 Å². The van der Waals surface area contributed by atoms with E-state index in [1.807, 2.05) is 24.3 Å². The van der Waals surface area contributed by atoms with Gasteiger partial charge >= 0.3 is 0 Å². The molecule has 2 aromatic rings. The molecular formula is C21H21N3O4S. The third-order valence-electron chi connectivity index (χ3n) is 5.59. The van der Waals surface area contributed by atoms with Gasteiger partial charge in [0.1, 0.15) is 11.6 Å². The summed E-state index contributed by atoms with van der Waals surface area (Å²) in [6.45, 7) is 2.35. The van der Waals surface area contributed by atoms with Crippen molar-refractivity contribution in [2.45, 2.75) is 28.6 Å². The largest absolute Gasteiger partial charge is 0.347 e. The number of benzene rings is 1. The number of anilines is 1. The standard InChI is InChI=1S/C21H21N3O4S/c25-18(23-10-7-21(8-11-23)27-12-13-28-21)14-24-16-5-1-2-6-17(16)29-19-15(20(24)26)4-3-9-22-19/h1-6,9H,7-8,10-14H2. The number of carbonyl (C=O) groups is 2. The molecule has 2 saturated heterocycles. The van der Waals surface area contributed by atoms with Gasteiger partial charge in [0.05, 0.1) is 24.5 Å². The Labute approximate surface area is 173 Å². The van der Waals surface area contributed by atoms with Crippen molar-refractivity contribution in [1.82, 2.24) is 9.88 Å². The number of rotatable bonds is 2. The Morgan fingerprint density at radius 1 is 1.10 bits per heavy atom. The van der Waals surface area contributed by atoms with E-state index in [9.17, 15) is 9.59 Å². The summed E-state index contributed by atoms with van der Waals surface area (Å²) in [4.78, 5) is 35.0. The van der Waals surface area contributed by atoms with Gasteiger partial charge in [-0.2, -0.15) is 0 Å². The van der Waals surface area contributed by atoms with Crippen LogP contribution in [0.5, 0.6) is 0 Å². The van der Waals surface area contributed by atoms with Crippen LogP contribution in [0.3, 0.4) is 0 Å². The van der Waals surface area contributed by atoms with E-state index in [4.69, 9.17) is 9.47 Å². The Balaban J connectivity index is 1.38. The van der Waals surface area contributed by atoms with Crippen molar-refractivity contribution >= 4 is 29.3 Å². The second kappa shape index (κ2) is 7.44. The summed E-state index contributed by atoms with van der Waals surface area (Å²) in [6, 6.07) is 11.2. The number of hydrogen-bond acceptors (Lipinski definition) is 6. The van der Waals surface area contributed by atoms with E-state index in [1.165, 1.54) is 11.8 Å². The number of amides is 2. The highest BCUT2D eigenvalue weighted by Gasteiger charge is 2.41. The highest BCUT2D eigenvalue weighted by molar-refractivity contribution is 7.99. The molecular weight excluding hydrogens is 390 g/mol. The molecule has 0 aliphatic carbocycles. The van der Waals surface area contributed by atoms with Crippen molar-refractivity contribution in [1.29, 1.82) is 0 Å². The molecule has 150 valence electrons. The minimum absolute atomic E-state index is 0.000540. The smallest absolute Gasteiger partial charge is 0.261 e. The lowest BCUT2D eigenvalue weighted by Gasteiger charge is -2.38. The molecule has 0 saturated carbocycles. The van der Waals surface area contributed by atoms with Crippen LogP contribution in [0.4, 0.5) is 5.69 Å². The lowest BCUT2D eigenvalue weighted by Crippen LogP contribution is -2.50. The maximum absolute atomic E-state index is 13.3. The van der Waals surface area contributed by atoms with Gasteiger partial charge in [-0.1, -0.05) is 23.9 Å². The minimum atomic E-state index is -0.525. The maximum Gasteiger partial charge on any atom is 0.261 e. The highest BCUT2D eigenvalue weighted by Crippen LogP contribution is 2.40. The van der Waals surface area contributed by atoms with Gasteiger partial charge in [0.25, 0.3) is 5.91 Å². The van der Waals surface area contributed by atoms with Crippen molar-refractivity contribution in [2.24, 2.45) is 0 Å². The zero-order valence-corrected chi connectivity index (χ0v) is 16.7. The quantitative estimate of drug-likeness (QED) is 0.756. The zero-order chi connectivity index (χ0) is 19.8.